The summed E-state index contributed by atoms with van der Waals surface area (Å²) in [5.74, 6) is 0.547. The van der Waals surface area contributed by atoms with Crippen LogP contribution in [0, 0.1) is 6.92 Å². The maximum atomic E-state index is 12.1. The summed E-state index contributed by atoms with van der Waals surface area (Å²) >= 11 is 0. The first-order valence-electron chi connectivity index (χ1n) is 5.38. The first-order valence-corrected chi connectivity index (χ1v) is 6.86. The highest BCUT2D eigenvalue weighted by molar-refractivity contribution is 7.89. The number of nitrogens with two attached hydrogens (primary N) is 1. The molecule has 2 rings (SSSR count). The first-order chi connectivity index (χ1) is 8.50. The van der Waals surface area contributed by atoms with Crippen LogP contribution in [0.3, 0.4) is 0 Å². The minimum Gasteiger partial charge on any atom is -0.468 e. The van der Waals surface area contributed by atoms with Crippen molar-refractivity contribution in [1.29, 1.82) is 0 Å². The minimum absolute atomic E-state index is 0.100. The Morgan fingerprint density at radius 2 is 2.06 bits per heavy atom. The molecule has 0 saturated heterocycles. The summed E-state index contributed by atoms with van der Waals surface area (Å²) in [6.45, 7) is 1.81. The van der Waals surface area contributed by atoms with Crippen molar-refractivity contribution < 1.29 is 12.8 Å². The van der Waals surface area contributed by atoms with E-state index in [1.165, 1.54) is 6.26 Å². The monoisotopic (exact) mass is 266 g/mol. The molecule has 0 bridgehead atoms. The SMILES string of the molecule is Cc1cccc(N)c1S(=O)(=O)NCc1ccco1. The van der Waals surface area contributed by atoms with Crippen LogP contribution in [0.15, 0.2) is 45.9 Å². The van der Waals surface area contributed by atoms with Gasteiger partial charge in [-0.1, -0.05) is 12.1 Å². The summed E-state index contributed by atoms with van der Waals surface area (Å²) in [4.78, 5) is 0.122. The maximum Gasteiger partial charge on any atom is 0.243 e. The van der Waals surface area contributed by atoms with E-state index in [4.69, 9.17) is 10.2 Å². The fourth-order valence-electron chi connectivity index (χ4n) is 1.69. The number of nitrogen functional groups attached to an aromatic ring is 1. The molecule has 0 aliphatic rings. The molecular formula is C12H14N2O3S. The Bertz CT molecular complexity index is 613. The molecule has 0 unspecified atom stereocenters. The molecule has 0 atom stereocenters. The molecule has 3 N–H and O–H groups in total. The molecule has 0 aliphatic heterocycles. The summed E-state index contributed by atoms with van der Waals surface area (Å²) in [6.07, 6.45) is 1.49. The first kappa shape index (κ1) is 12.7. The van der Waals surface area contributed by atoms with E-state index in [0.717, 1.165) is 0 Å². The van der Waals surface area contributed by atoms with Gasteiger partial charge in [-0.05, 0) is 30.7 Å². The second-order valence-electron chi connectivity index (χ2n) is 3.90. The lowest BCUT2D eigenvalue weighted by Gasteiger charge is -2.10. The summed E-state index contributed by atoms with van der Waals surface area (Å²) in [7, 11) is -3.63. The predicted molar refractivity (Wildman–Crippen MR) is 68.3 cm³/mol. The third kappa shape index (κ3) is 2.55. The van der Waals surface area contributed by atoms with Gasteiger partial charge < -0.3 is 10.2 Å². The standard InChI is InChI=1S/C12H14N2O3S/c1-9-4-2-6-11(13)12(9)18(15,16)14-8-10-5-3-7-17-10/h2-7,14H,8,13H2,1H3. The van der Waals surface area contributed by atoms with Gasteiger partial charge in [-0.3, -0.25) is 0 Å². The lowest BCUT2D eigenvalue weighted by molar-refractivity contribution is 0.498. The number of hydrogen-bond acceptors (Lipinski definition) is 4. The van der Waals surface area contributed by atoms with Crippen LogP contribution in [0.2, 0.25) is 0 Å². The average molecular weight is 266 g/mol. The number of furan rings is 1. The van der Waals surface area contributed by atoms with Gasteiger partial charge in [0.05, 0.1) is 18.5 Å². The fraction of sp³-hybridized carbons (Fsp3) is 0.167. The third-order valence-electron chi connectivity index (χ3n) is 2.53. The zero-order chi connectivity index (χ0) is 13.2. The van der Waals surface area contributed by atoms with Crippen molar-refractivity contribution in [3.8, 4) is 0 Å². The Morgan fingerprint density at radius 3 is 2.67 bits per heavy atom. The highest BCUT2D eigenvalue weighted by atomic mass is 32.2. The summed E-state index contributed by atoms with van der Waals surface area (Å²) < 4.78 is 31.8. The van der Waals surface area contributed by atoms with E-state index >= 15 is 0 Å². The highest BCUT2D eigenvalue weighted by Crippen LogP contribution is 2.22. The van der Waals surface area contributed by atoms with E-state index in [9.17, 15) is 8.42 Å². The van der Waals surface area contributed by atoms with Gasteiger partial charge >= 0.3 is 0 Å². The maximum absolute atomic E-state index is 12.1. The molecule has 0 amide bonds. The zero-order valence-corrected chi connectivity index (χ0v) is 10.7. The second-order valence-corrected chi connectivity index (χ2v) is 5.60. The lowest BCUT2D eigenvalue weighted by atomic mass is 10.2. The van der Waals surface area contributed by atoms with Gasteiger partial charge in [0, 0.05) is 0 Å². The van der Waals surface area contributed by atoms with E-state index in [1.54, 1.807) is 37.3 Å². The van der Waals surface area contributed by atoms with Gasteiger partial charge in [-0.15, -0.1) is 0 Å². The molecule has 0 aliphatic carbocycles. The van der Waals surface area contributed by atoms with Gasteiger partial charge in [-0.25, -0.2) is 13.1 Å². The number of anilines is 1. The number of benzene rings is 1. The van der Waals surface area contributed by atoms with Crippen LogP contribution in [0.25, 0.3) is 0 Å². The molecule has 2 aromatic rings. The lowest BCUT2D eigenvalue weighted by Crippen LogP contribution is -2.24. The van der Waals surface area contributed by atoms with Crippen LogP contribution in [-0.2, 0) is 16.6 Å². The Hall–Kier alpha value is -1.79. The molecule has 1 aromatic heterocycles. The summed E-state index contributed by atoms with van der Waals surface area (Å²) in [6, 6.07) is 8.39. The van der Waals surface area contributed by atoms with Crippen molar-refractivity contribution in [3.05, 3.63) is 47.9 Å². The molecular weight excluding hydrogens is 252 g/mol. The molecule has 0 spiro atoms. The Kier molecular flexibility index (Phi) is 3.40. The topological polar surface area (TPSA) is 85.3 Å². The van der Waals surface area contributed by atoms with Gasteiger partial charge in [0.1, 0.15) is 10.7 Å². The minimum atomic E-state index is -3.63. The smallest absolute Gasteiger partial charge is 0.243 e. The molecule has 1 heterocycles. The van der Waals surface area contributed by atoms with E-state index in [-0.39, 0.29) is 17.1 Å². The van der Waals surface area contributed by atoms with Gasteiger partial charge in [0.25, 0.3) is 0 Å². The van der Waals surface area contributed by atoms with Crippen molar-refractivity contribution in [2.24, 2.45) is 0 Å². The molecule has 0 saturated carbocycles. The Balaban J connectivity index is 2.26. The van der Waals surface area contributed by atoms with Crippen molar-refractivity contribution in [1.82, 2.24) is 4.72 Å². The summed E-state index contributed by atoms with van der Waals surface area (Å²) in [5, 5.41) is 0. The van der Waals surface area contributed by atoms with E-state index in [0.29, 0.717) is 11.3 Å². The molecule has 5 nitrogen and oxygen atoms in total. The molecule has 96 valence electrons. The van der Waals surface area contributed by atoms with Crippen molar-refractivity contribution >= 4 is 15.7 Å². The van der Waals surface area contributed by atoms with Crippen molar-refractivity contribution in [2.75, 3.05) is 5.73 Å². The van der Waals surface area contributed by atoms with E-state index in [1.807, 2.05) is 0 Å². The number of sulfonamides is 1. The van der Waals surface area contributed by atoms with Crippen LogP contribution >= 0.6 is 0 Å². The fourth-order valence-corrected chi connectivity index (χ4v) is 3.04. The molecule has 1 aromatic carbocycles. The van der Waals surface area contributed by atoms with Crippen LogP contribution in [0.5, 0.6) is 0 Å². The molecule has 0 fully saturated rings. The highest BCUT2D eigenvalue weighted by Gasteiger charge is 2.19. The zero-order valence-electron chi connectivity index (χ0n) is 9.88. The predicted octanol–water partition coefficient (Wildman–Crippen LogP) is 1.65. The quantitative estimate of drug-likeness (QED) is 0.824. The van der Waals surface area contributed by atoms with Gasteiger partial charge in [0.2, 0.25) is 10.0 Å². The van der Waals surface area contributed by atoms with Gasteiger partial charge in [-0.2, -0.15) is 0 Å². The third-order valence-corrected chi connectivity index (χ3v) is 4.15. The van der Waals surface area contributed by atoms with Crippen molar-refractivity contribution in [2.45, 2.75) is 18.4 Å². The van der Waals surface area contributed by atoms with Crippen LogP contribution in [0.4, 0.5) is 5.69 Å². The normalized spacial score (nSPS) is 11.6. The van der Waals surface area contributed by atoms with Crippen LogP contribution < -0.4 is 10.5 Å². The number of nitrogens with one attached hydrogen (secondary N) is 1. The van der Waals surface area contributed by atoms with Gasteiger partial charge in [0.15, 0.2) is 0 Å². The molecule has 6 heteroatoms. The Labute approximate surface area is 106 Å². The van der Waals surface area contributed by atoms with Crippen LogP contribution in [-0.4, -0.2) is 8.42 Å². The summed E-state index contributed by atoms with van der Waals surface area (Å²) in [5.41, 5.74) is 6.56. The number of rotatable bonds is 4. The van der Waals surface area contributed by atoms with E-state index < -0.39 is 10.0 Å². The largest absolute Gasteiger partial charge is 0.468 e. The van der Waals surface area contributed by atoms with Crippen molar-refractivity contribution in [3.63, 3.8) is 0 Å². The average Bonchev–Trinajstić information content (AvgIpc) is 2.78. The van der Waals surface area contributed by atoms with Crippen LogP contribution in [0.1, 0.15) is 11.3 Å². The second kappa shape index (κ2) is 4.83. The Morgan fingerprint density at radius 1 is 1.28 bits per heavy atom. The van der Waals surface area contributed by atoms with E-state index in [2.05, 4.69) is 4.72 Å². The number of aryl methyl sites for hydroxylation is 1. The molecule has 18 heavy (non-hydrogen) atoms. The molecule has 0 radical (unpaired) electrons. The number of hydrogen-bond donors (Lipinski definition) is 2.